The monoisotopic (exact) mass is 376 g/mol. The number of phenols is 1. The lowest BCUT2D eigenvalue weighted by molar-refractivity contribution is 0.0782. The first-order valence-electron chi connectivity index (χ1n) is 6.63. The molecule has 3 rings (SSSR count). The first-order chi connectivity index (χ1) is 10.5. The van der Waals surface area contributed by atoms with Gasteiger partial charge in [0.1, 0.15) is 10.8 Å². The highest BCUT2D eigenvalue weighted by Gasteiger charge is 2.17. The maximum Gasteiger partial charge on any atom is 0.257 e. The van der Waals surface area contributed by atoms with E-state index in [1.54, 1.807) is 35.4 Å². The minimum atomic E-state index is -0.238. The standard InChI is InChI=1S/C16H13BrN2O2S/c1-19(16(21)11-8-10(17)6-7-13(11)20)9-15-18-12-4-2-3-5-14(12)22-15/h2-8,20H,9H2,1H3. The van der Waals surface area contributed by atoms with Crippen LogP contribution in [0.5, 0.6) is 5.75 Å². The molecule has 1 heterocycles. The Balaban J connectivity index is 1.82. The fourth-order valence-electron chi connectivity index (χ4n) is 2.15. The molecule has 112 valence electrons. The average Bonchev–Trinajstić information content (AvgIpc) is 2.91. The van der Waals surface area contributed by atoms with Crippen molar-refractivity contribution in [2.24, 2.45) is 0 Å². The Hall–Kier alpha value is -1.92. The van der Waals surface area contributed by atoms with Crippen molar-refractivity contribution in [2.45, 2.75) is 6.54 Å². The van der Waals surface area contributed by atoms with Crippen LogP contribution in [0.25, 0.3) is 10.2 Å². The molecule has 0 fully saturated rings. The number of fused-ring (bicyclic) bond motifs is 1. The molecule has 1 aromatic heterocycles. The molecule has 0 aliphatic carbocycles. The Morgan fingerprint density at radius 3 is 2.86 bits per heavy atom. The number of para-hydroxylation sites is 1. The van der Waals surface area contributed by atoms with E-state index in [4.69, 9.17) is 0 Å². The minimum absolute atomic E-state index is 0.0238. The van der Waals surface area contributed by atoms with Crippen molar-refractivity contribution in [3.63, 3.8) is 0 Å². The molecule has 2 aromatic carbocycles. The Morgan fingerprint density at radius 1 is 1.32 bits per heavy atom. The van der Waals surface area contributed by atoms with Gasteiger partial charge in [0.15, 0.2) is 0 Å². The van der Waals surface area contributed by atoms with Crippen molar-refractivity contribution in [3.05, 3.63) is 57.5 Å². The first kappa shape index (κ1) is 15.0. The summed E-state index contributed by atoms with van der Waals surface area (Å²) in [6.45, 7) is 0.407. The largest absolute Gasteiger partial charge is 0.507 e. The number of rotatable bonds is 3. The van der Waals surface area contributed by atoms with E-state index in [0.29, 0.717) is 6.54 Å². The summed E-state index contributed by atoms with van der Waals surface area (Å²) >= 11 is 4.88. The number of hydrogen-bond donors (Lipinski definition) is 1. The number of carbonyl (C=O) groups is 1. The summed E-state index contributed by atoms with van der Waals surface area (Å²) in [5.74, 6) is -0.262. The lowest BCUT2D eigenvalue weighted by Gasteiger charge is -2.16. The Morgan fingerprint density at radius 2 is 2.09 bits per heavy atom. The molecule has 1 N–H and O–H groups in total. The van der Waals surface area contributed by atoms with Gasteiger partial charge in [-0.15, -0.1) is 11.3 Å². The molecule has 0 bridgehead atoms. The van der Waals surface area contributed by atoms with Gasteiger partial charge in [0.05, 0.1) is 22.3 Å². The van der Waals surface area contributed by atoms with Gasteiger partial charge >= 0.3 is 0 Å². The minimum Gasteiger partial charge on any atom is -0.507 e. The number of amides is 1. The summed E-state index contributed by atoms with van der Waals surface area (Å²) < 4.78 is 1.85. The van der Waals surface area contributed by atoms with Crippen LogP contribution in [0.1, 0.15) is 15.4 Å². The van der Waals surface area contributed by atoms with E-state index in [1.807, 2.05) is 24.3 Å². The predicted molar refractivity (Wildman–Crippen MR) is 91.2 cm³/mol. The number of aromatic hydroxyl groups is 1. The molecule has 0 aliphatic rings. The van der Waals surface area contributed by atoms with Crippen molar-refractivity contribution in [2.75, 3.05) is 7.05 Å². The molecule has 0 unspecified atom stereocenters. The molecule has 0 aliphatic heterocycles. The first-order valence-corrected chi connectivity index (χ1v) is 8.24. The van der Waals surface area contributed by atoms with Crippen molar-refractivity contribution < 1.29 is 9.90 Å². The highest BCUT2D eigenvalue weighted by atomic mass is 79.9. The van der Waals surface area contributed by atoms with Gasteiger partial charge in [-0.3, -0.25) is 4.79 Å². The molecule has 0 atom stereocenters. The zero-order chi connectivity index (χ0) is 15.7. The van der Waals surface area contributed by atoms with Gasteiger partial charge in [0, 0.05) is 11.5 Å². The van der Waals surface area contributed by atoms with Gasteiger partial charge in [0.2, 0.25) is 0 Å². The van der Waals surface area contributed by atoms with E-state index in [2.05, 4.69) is 20.9 Å². The van der Waals surface area contributed by atoms with Crippen molar-refractivity contribution >= 4 is 43.4 Å². The van der Waals surface area contributed by atoms with Crippen LogP contribution in [0.4, 0.5) is 0 Å². The molecule has 0 radical (unpaired) electrons. The van der Waals surface area contributed by atoms with Crippen molar-refractivity contribution in [1.82, 2.24) is 9.88 Å². The van der Waals surface area contributed by atoms with Gasteiger partial charge in [-0.25, -0.2) is 4.98 Å². The predicted octanol–water partition coefficient (Wildman–Crippen LogP) is 4.04. The molecule has 0 saturated carbocycles. The maximum atomic E-state index is 12.5. The SMILES string of the molecule is CN(Cc1nc2ccccc2s1)C(=O)c1cc(Br)ccc1O. The summed E-state index contributed by atoms with van der Waals surface area (Å²) in [4.78, 5) is 18.5. The average molecular weight is 377 g/mol. The Bertz CT molecular complexity index is 814. The lowest BCUT2D eigenvalue weighted by Crippen LogP contribution is -2.26. The van der Waals surface area contributed by atoms with Gasteiger partial charge in [0.25, 0.3) is 5.91 Å². The van der Waals surface area contributed by atoms with Crippen LogP contribution in [0.3, 0.4) is 0 Å². The summed E-state index contributed by atoms with van der Waals surface area (Å²) in [5, 5.41) is 10.7. The zero-order valence-corrected chi connectivity index (χ0v) is 14.2. The number of hydrogen-bond acceptors (Lipinski definition) is 4. The Kier molecular flexibility index (Phi) is 4.13. The van der Waals surface area contributed by atoms with Crippen LogP contribution in [0.2, 0.25) is 0 Å². The van der Waals surface area contributed by atoms with Gasteiger partial charge < -0.3 is 10.0 Å². The van der Waals surface area contributed by atoms with Crippen molar-refractivity contribution in [1.29, 1.82) is 0 Å². The zero-order valence-electron chi connectivity index (χ0n) is 11.8. The quantitative estimate of drug-likeness (QED) is 0.750. The number of phenolic OH excluding ortho intramolecular Hbond substituents is 1. The van der Waals surface area contributed by atoms with Crippen LogP contribution in [0, 0.1) is 0 Å². The second-order valence-electron chi connectivity index (χ2n) is 4.90. The van der Waals surface area contributed by atoms with Crippen LogP contribution < -0.4 is 0 Å². The van der Waals surface area contributed by atoms with E-state index in [0.717, 1.165) is 19.7 Å². The van der Waals surface area contributed by atoms with Gasteiger partial charge in [-0.2, -0.15) is 0 Å². The Labute approximate surface area is 140 Å². The van der Waals surface area contributed by atoms with E-state index in [1.165, 1.54) is 6.07 Å². The summed E-state index contributed by atoms with van der Waals surface area (Å²) in [6, 6.07) is 12.7. The number of carbonyl (C=O) groups excluding carboxylic acids is 1. The van der Waals surface area contributed by atoms with Gasteiger partial charge in [-0.1, -0.05) is 28.1 Å². The summed E-state index contributed by atoms with van der Waals surface area (Å²) in [6.07, 6.45) is 0. The number of halogens is 1. The van der Waals surface area contributed by atoms with E-state index < -0.39 is 0 Å². The van der Waals surface area contributed by atoms with Crippen LogP contribution in [-0.2, 0) is 6.54 Å². The molecule has 0 saturated heterocycles. The number of thiazole rings is 1. The number of aromatic nitrogens is 1. The highest BCUT2D eigenvalue weighted by molar-refractivity contribution is 9.10. The third-order valence-electron chi connectivity index (χ3n) is 3.25. The van der Waals surface area contributed by atoms with Gasteiger partial charge in [-0.05, 0) is 30.3 Å². The fourth-order valence-corrected chi connectivity index (χ4v) is 3.53. The molecule has 1 amide bonds. The smallest absolute Gasteiger partial charge is 0.257 e. The third-order valence-corrected chi connectivity index (χ3v) is 4.76. The van der Waals surface area contributed by atoms with E-state index >= 15 is 0 Å². The second kappa shape index (κ2) is 6.06. The summed E-state index contributed by atoms with van der Waals surface area (Å²) in [7, 11) is 1.70. The third kappa shape index (κ3) is 2.98. The molecule has 4 nitrogen and oxygen atoms in total. The molecule has 6 heteroatoms. The van der Waals surface area contributed by atoms with Crippen LogP contribution >= 0.6 is 27.3 Å². The molecular weight excluding hydrogens is 364 g/mol. The number of benzene rings is 2. The molecule has 22 heavy (non-hydrogen) atoms. The lowest BCUT2D eigenvalue weighted by atomic mass is 10.2. The summed E-state index contributed by atoms with van der Waals surface area (Å²) in [5.41, 5.74) is 1.21. The van der Waals surface area contributed by atoms with E-state index in [9.17, 15) is 9.90 Å². The molecule has 3 aromatic rings. The van der Waals surface area contributed by atoms with Crippen molar-refractivity contribution in [3.8, 4) is 5.75 Å². The highest BCUT2D eigenvalue weighted by Crippen LogP contribution is 2.25. The normalized spacial score (nSPS) is 10.8. The topological polar surface area (TPSA) is 53.4 Å². The second-order valence-corrected chi connectivity index (χ2v) is 6.93. The molecule has 0 spiro atoms. The maximum absolute atomic E-state index is 12.5. The van der Waals surface area contributed by atoms with Crippen LogP contribution in [0.15, 0.2) is 46.9 Å². The molecular formula is C16H13BrN2O2S. The number of nitrogens with zero attached hydrogens (tertiary/aromatic N) is 2. The van der Waals surface area contributed by atoms with E-state index in [-0.39, 0.29) is 17.2 Å². The fraction of sp³-hybridized carbons (Fsp3) is 0.125. The van der Waals surface area contributed by atoms with Crippen LogP contribution in [-0.4, -0.2) is 27.9 Å².